The van der Waals surface area contributed by atoms with Crippen molar-refractivity contribution in [2.75, 3.05) is 0 Å². The lowest BCUT2D eigenvalue weighted by Gasteiger charge is -2.16. The predicted octanol–water partition coefficient (Wildman–Crippen LogP) is 4.69. The van der Waals surface area contributed by atoms with Gasteiger partial charge in [-0.25, -0.2) is 0 Å². The van der Waals surface area contributed by atoms with E-state index < -0.39 is 6.61 Å². The van der Waals surface area contributed by atoms with Gasteiger partial charge in [0, 0.05) is 11.8 Å². The highest BCUT2D eigenvalue weighted by atomic mass is 19.3. The number of nitrogens with one attached hydrogen (secondary N) is 1. The van der Waals surface area contributed by atoms with Crippen molar-refractivity contribution < 1.29 is 18.6 Å². The lowest BCUT2D eigenvalue weighted by Crippen LogP contribution is -2.07. The average molecular weight is 382 g/mol. The molecule has 0 fully saturated rings. The Hall–Kier alpha value is -3.12. The molecule has 28 heavy (non-hydrogen) atoms. The van der Waals surface area contributed by atoms with Crippen LogP contribution in [0.25, 0.3) is 5.57 Å². The summed E-state index contributed by atoms with van der Waals surface area (Å²) in [5.74, 6) is 0.0696. The van der Waals surface area contributed by atoms with E-state index in [1.165, 1.54) is 6.07 Å². The number of pyridine rings is 1. The Morgan fingerprint density at radius 2 is 1.96 bits per heavy atom. The van der Waals surface area contributed by atoms with Crippen molar-refractivity contribution in [1.82, 2.24) is 4.98 Å². The molecule has 0 amide bonds. The summed E-state index contributed by atoms with van der Waals surface area (Å²) in [5.41, 5.74) is 4.65. The monoisotopic (exact) mass is 382 g/mol. The van der Waals surface area contributed by atoms with Gasteiger partial charge < -0.3 is 15.3 Å². The van der Waals surface area contributed by atoms with E-state index in [0.29, 0.717) is 29.0 Å². The maximum atomic E-state index is 12.8. The second-order valence-electron chi connectivity index (χ2n) is 6.29. The second-order valence-corrected chi connectivity index (χ2v) is 6.29. The summed E-state index contributed by atoms with van der Waals surface area (Å²) in [6, 6.07) is 8.67. The van der Waals surface area contributed by atoms with Crippen LogP contribution >= 0.6 is 0 Å². The van der Waals surface area contributed by atoms with Crippen molar-refractivity contribution in [2.45, 2.75) is 26.6 Å². The molecular weight excluding hydrogens is 362 g/mol. The Morgan fingerprint density at radius 3 is 2.57 bits per heavy atom. The highest BCUT2D eigenvalue weighted by Gasteiger charge is 2.16. The number of hydrogen-bond donors (Lipinski definition) is 2. The molecule has 144 valence electrons. The summed E-state index contributed by atoms with van der Waals surface area (Å²) >= 11 is 0. The van der Waals surface area contributed by atoms with Crippen molar-refractivity contribution in [3.05, 3.63) is 88.8 Å². The first kappa shape index (κ1) is 19.6. The molecule has 0 spiro atoms. The maximum absolute atomic E-state index is 12.8. The number of aromatic nitrogens is 1. The Bertz CT molecular complexity index is 961. The highest BCUT2D eigenvalue weighted by molar-refractivity contribution is 6.15. The molecule has 1 aromatic carbocycles. The van der Waals surface area contributed by atoms with Crippen LogP contribution in [0.3, 0.4) is 0 Å². The van der Waals surface area contributed by atoms with Crippen LogP contribution in [0.1, 0.15) is 29.3 Å². The molecule has 4 nitrogen and oxygen atoms in total. The normalized spacial score (nSPS) is 15.2. The van der Waals surface area contributed by atoms with E-state index in [9.17, 15) is 8.78 Å². The fraction of sp³-hybridized carbons (Fsp3) is 0.182. The van der Waals surface area contributed by atoms with E-state index in [2.05, 4.69) is 9.72 Å². The summed E-state index contributed by atoms with van der Waals surface area (Å²) in [6.07, 6.45) is 9.28. The van der Waals surface area contributed by atoms with Gasteiger partial charge >= 0.3 is 6.61 Å². The van der Waals surface area contributed by atoms with Crippen LogP contribution in [-0.2, 0) is 13.0 Å². The summed E-state index contributed by atoms with van der Waals surface area (Å²) in [4.78, 5) is 4.16. The third kappa shape index (κ3) is 4.58. The Kier molecular flexibility index (Phi) is 6.11. The molecule has 2 N–H and O–H groups in total. The van der Waals surface area contributed by atoms with Gasteiger partial charge in [-0.05, 0) is 59.9 Å². The number of nitrogens with zero attached hydrogens (tertiary/aromatic N) is 1. The number of halogens is 2. The maximum Gasteiger partial charge on any atom is 0.387 e. The van der Waals surface area contributed by atoms with Gasteiger partial charge in [0.2, 0.25) is 0 Å². The largest absolute Gasteiger partial charge is 0.434 e. The molecule has 0 saturated carbocycles. The first-order chi connectivity index (χ1) is 13.5. The number of aliphatic hydroxyl groups excluding tert-OH is 1. The van der Waals surface area contributed by atoms with Crippen LogP contribution in [0.4, 0.5) is 8.78 Å². The van der Waals surface area contributed by atoms with Crippen molar-refractivity contribution in [1.29, 1.82) is 5.41 Å². The summed E-state index contributed by atoms with van der Waals surface area (Å²) in [6.45, 7) is -1.21. The SMILES string of the molecule is CC=C1C=CC(c2cc(Cc3ccc(CO)nc3)ccc2OC(F)F)=CC1=N. The predicted molar refractivity (Wildman–Crippen MR) is 105 cm³/mol. The van der Waals surface area contributed by atoms with E-state index in [1.807, 2.05) is 19.1 Å². The lowest BCUT2D eigenvalue weighted by molar-refractivity contribution is -0.0500. The van der Waals surface area contributed by atoms with E-state index >= 15 is 0 Å². The van der Waals surface area contributed by atoms with Crippen LogP contribution in [0.5, 0.6) is 5.75 Å². The molecule has 6 heteroatoms. The standard InChI is InChI=1S/C22H20F2N2O2/c1-2-16-5-6-17(11-20(16)25)19-10-14(4-8-21(19)28-22(23)24)9-15-3-7-18(13-27)26-12-15/h2-8,10-12,22,25,27H,9,13H2,1H3. The van der Waals surface area contributed by atoms with Gasteiger partial charge in [-0.2, -0.15) is 8.78 Å². The first-order valence-electron chi connectivity index (χ1n) is 8.78. The molecular formula is C22H20F2N2O2. The fourth-order valence-electron chi connectivity index (χ4n) is 2.98. The minimum Gasteiger partial charge on any atom is -0.434 e. The molecule has 1 aliphatic carbocycles. The van der Waals surface area contributed by atoms with Gasteiger partial charge in [-0.1, -0.05) is 30.4 Å². The zero-order chi connectivity index (χ0) is 20.1. The molecule has 1 aliphatic rings. The molecule has 1 aromatic heterocycles. The zero-order valence-electron chi connectivity index (χ0n) is 15.3. The van der Waals surface area contributed by atoms with E-state index in [-0.39, 0.29) is 12.4 Å². The minimum absolute atomic E-state index is 0.0696. The number of hydrogen-bond acceptors (Lipinski definition) is 4. The van der Waals surface area contributed by atoms with E-state index in [0.717, 1.165) is 16.7 Å². The fourth-order valence-corrected chi connectivity index (χ4v) is 2.98. The summed E-state index contributed by atoms with van der Waals surface area (Å²) in [5, 5.41) is 17.2. The van der Waals surface area contributed by atoms with Crippen LogP contribution in [-0.4, -0.2) is 22.4 Å². The van der Waals surface area contributed by atoms with Crippen molar-refractivity contribution in [3.63, 3.8) is 0 Å². The van der Waals surface area contributed by atoms with Crippen LogP contribution in [0.15, 0.2) is 66.4 Å². The quantitative estimate of drug-likeness (QED) is 0.762. The summed E-state index contributed by atoms with van der Waals surface area (Å²) in [7, 11) is 0. The molecule has 0 unspecified atom stereocenters. The second kappa shape index (κ2) is 8.71. The molecule has 0 atom stereocenters. The third-order valence-electron chi connectivity index (χ3n) is 4.39. The molecule has 3 rings (SSSR count). The van der Waals surface area contributed by atoms with Crippen molar-refractivity contribution in [2.24, 2.45) is 0 Å². The summed E-state index contributed by atoms with van der Waals surface area (Å²) < 4.78 is 30.4. The smallest absolute Gasteiger partial charge is 0.387 e. The number of alkyl halides is 2. The lowest BCUT2D eigenvalue weighted by atomic mass is 9.93. The Balaban J connectivity index is 1.95. The Morgan fingerprint density at radius 1 is 1.18 bits per heavy atom. The number of benzene rings is 1. The molecule has 0 aliphatic heterocycles. The number of aliphatic hydroxyl groups is 1. The minimum atomic E-state index is -2.93. The van der Waals surface area contributed by atoms with Crippen molar-refractivity contribution in [3.8, 4) is 5.75 Å². The number of rotatable bonds is 6. The van der Waals surface area contributed by atoms with Gasteiger partial charge in [0.25, 0.3) is 0 Å². The van der Waals surface area contributed by atoms with E-state index in [4.69, 9.17) is 10.5 Å². The highest BCUT2D eigenvalue weighted by Crippen LogP contribution is 2.32. The zero-order valence-corrected chi connectivity index (χ0v) is 15.3. The van der Waals surface area contributed by atoms with Crippen LogP contribution in [0, 0.1) is 5.41 Å². The average Bonchev–Trinajstić information content (AvgIpc) is 2.69. The number of allylic oxidation sites excluding steroid dienone is 6. The van der Waals surface area contributed by atoms with Gasteiger partial charge in [-0.3, -0.25) is 4.98 Å². The van der Waals surface area contributed by atoms with Gasteiger partial charge in [0.15, 0.2) is 0 Å². The molecule has 1 heterocycles. The first-order valence-corrected chi connectivity index (χ1v) is 8.78. The topological polar surface area (TPSA) is 66.2 Å². The van der Waals surface area contributed by atoms with Gasteiger partial charge in [0.1, 0.15) is 5.75 Å². The van der Waals surface area contributed by atoms with Crippen LogP contribution in [0.2, 0.25) is 0 Å². The molecule has 0 saturated heterocycles. The van der Waals surface area contributed by atoms with Gasteiger partial charge in [0.05, 0.1) is 18.0 Å². The van der Waals surface area contributed by atoms with Gasteiger partial charge in [-0.15, -0.1) is 0 Å². The molecule has 0 radical (unpaired) electrons. The molecule has 0 bridgehead atoms. The third-order valence-corrected chi connectivity index (χ3v) is 4.39. The van der Waals surface area contributed by atoms with Crippen molar-refractivity contribution >= 4 is 11.3 Å². The van der Waals surface area contributed by atoms with Crippen LogP contribution < -0.4 is 4.74 Å². The van der Waals surface area contributed by atoms with E-state index in [1.54, 1.807) is 42.6 Å². The molecule has 2 aromatic rings. The number of ether oxygens (including phenoxy) is 1. The Labute approximate surface area is 162 Å².